The van der Waals surface area contributed by atoms with Crippen molar-refractivity contribution in [2.75, 3.05) is 12.4 Å². The standard InChI is InChI=1S/C28H45ClN2O6Si/c1-19(13-24(32)20(2)30-25(33)11-9-10-12-26(34)36-6)27(35)31-23-15-21(17-29)14-22(16-23)18-37-38(7,8)28(3,4)5/h14-16,19-20H,9-13,17-18H2,1-8H3,(H,30,33)(H,31,35)/t19-,20+/m1/s1. The van der Waals surface area contributed by atoms with E-state index in [4.69, 9.17) is 16.0 Å². The number of hydrogen-bond donors (Lipinski definition) is 2. The van der Waals surface area contributed by atoms with Crippen LogP contribution in [0.5, 0.6) is 0 Å². The van der Waals surface area contributed by atoms with Crippen LogP contribution in [-0.2, 0) is 40.8 Å². The molecule has 0 fully saturated rings. The van der Waals surface area contributed by atoms with Crippen LogP contribution in [0.25, 0.3) is 0 Å². The second-order valence-corrected chi connectivity index (χ2v) is 16.4. The third kappa shape index (κ3) is 11.7. The zero-order valence-electron chi connectivity index (χ0n) is 24.2. The zero-order chi connectivity index (χ0) is 29.1. The predicted molar refractivity (Wildman–Crippen MR) is 153 cm³/mol. The summed E-state index contributed by atoms with van der Waals surface area (Å²) in [5.41, 5.74) is 2.40. The fraction of sp³-hybridized carbons (Fsp3) is 0.643. The van der Waals surface area contributed by atoms with Gasteiger partial charge in [-0.05, 0) is 61.2 Å². The number of halogens is 1. The number of rotatable bonds is 15. The fourth-order valence-electron chi connectivity index (χ4n) is 3.36. The first-order valence-electron chi connectivity index (χ1n) is 13.1. The van der Waals surface area contributed by atoms with Crippen molar-refractivity contribution >= 4 is 49.2 Å². The molecule has 2 atom stereocenters. The molecule has 2 N–H and O–H groups in total. The van der Waals surface area contributed by atoms with E-state index in [0.717, 1.165) is 11.1 Å². The van der Waals surface area contributed by atoms with Gasteiger partial charge in [0, 0.05) is 36.7 Å². The zero-order valence-corrected chi connectivity index (χ0v) is 25.9. The second-order valence-electron chi connectivity index (χ2n) is 11.4. The van der Waals surface area contributed by atoms with Crippen molar-refractivity contribution in [1.82, 2.24) is 5.32 Å². The first-order chi connectivity index (χ1) is 17.6. The maximum atomic E-state index is 12.9. The largest absolute Gasteiger partial charge is 0.469 e. The highest BCUT2D eigenvalue weighted by Gasteiger charge is 2.37. The highest BCUT2D eigenvalue weighted by Crippen LogP contribution is 2.37. The van der Waals surface area contributed by atoms with Gasteiger partial charge in [0.15, 0.2) is 14.1 Å². The van der Waals surface area contributed by atoms with E-state index >= 15 is 0 Å². The van der Waals surface area contributed by atoms with Gasteiger partial charge in [0.05, 0.1) is 19.8 Å². The highest BCUT2D eigenvalue weighted by atomic mass is 35.5. The van der Waals surface area contributed by atoms with Gasteiger partial charge in [-0.1, -0.05) is 33.8 Å². The number of alkyl halides is 1. The molecule has 214 valence electrons. The number of methoxy groups -OCH3 is 1. The van der Waals surface area contributed by atoms with Gasteiger partial charge in [-0.2, -0.15) is 0 Å². The molecule has 0 aliphatic heterocycles. The molecule has 8 nitrogen and oxygen atoms in total. The van der Waals surface area contributed by atoms with E-state index in [1.54, 1.807) is 13.8 Å². The first-order valence-corrected chi connectivity index (χ1v) is 16.6. The molecule has 1 rings (SSSR count). The number of ether oxygens (including phenoxy) is 1. The van der Waals surface area contributed by atoms with E-state index in [-0.39, 0.29) is 47.9 Å². The first kappa shape index (κ1) is 33.8. The number of carbonyl (C=O) groups is 4. The number of Topliss-reactive ketones (excluding diaryl/α,β-unsaturated/α-hetero) is 1. The monoisotopic (exact) mass is 568 g/mol. The number of amides is 2. The number of esters is 1. The van der Waals surface area contributed by atoms with Crippen molar-refractivity contribution in [3.63, 3.8) is 0 Å². The lowest BCUT2D eigenvalue weighted by Gasteiger charge is -2.36. The van der Waals surface area contributed by atoms with Gasteiger partial charge in [-0.15, -0.1) is 11.6 Å². The van der Waals surface area contributed by atoms with Gasteiger partial charge in [-0.3, -0.25) is 19.2 Å². The average Bonchev–Trinajstić information content (AvgIpc) is 2.84. The number of benzene rings is 1. The molecule has 0 aliphatic carbocycles. The molecule has 10 heteroatoms. The van der Waals surface area contributed by atoms with Crippen molar-refractivity contribution in [1.29, 1.82) is 0 Å². The predicted octanol–water partition coefficient (Wildman–Crippen LogP) is 5.72. The lowest BCUT2D eigenvalue weighted by molar-refractivity contribution is -0.140. The smallest absolute Gasteiger partial charge is 0.305 e. The molecule has 38 heavy (non-hydrogen) atoms. The molecule has 0 saturated carbocycles. The Balaban J connectivity index is 2.66. The number of anilines is 1. The van der Waals surface area contributed by atoms with Crippen molar-refractivity contribution in [2.24, 2.45) is 5.92 Å². The van der Waals surface area contributed by atoms with Crippen molar-refractivity contribution in [3.8, 4) is 0 Å². The summed E-state index contributed by atoms with van der Waals surface area (Å²) in [6, 6.07) is 4.96. The molecular weight excluding hydrogens is 524 g/mol. The minimum absolute atomic E-state index is 0.00778. The highest BCUT2D eigenvalue weighted by molar-refractivity contribution is 6.74. The van der Waals surface area contributed by atoms with Gasteiger partial charge in [0.1, 0.15) is 0 Å². The summed E-state index contributed by atoms with van der Waals surface area (Å²) in [4.78, 5) is 48.7. The number of unbranched alkanes of at least 4 members (excludes halogenated alkanes) is 1. The van der Waals surface area contributed by atoms with Crippen LogP contribution in [0.3, 0.4) is 0 Å². The molecule has 0 radical (unpaired) electrons. The summed E-state index contributed by atoms with van der Waals surface area (Å²) in [6.45, 7) is 14.6. The Morgan fingerprint density at radius 2 is 1.61 bits per heavy atom. The molecular formula is C28H45ClN2O6Si. The summed E-state index contributed by atoms with van der Waals surface area (Å²) < 4.78 is 10.9. The Labute approximate surface area is 233 Å². The third-order valence-corrected chi connectivity index (χ3v) is 11.7. The minimum Gasteiger partial charge on any atom is -0.469 e. The molecule has 2 amide bonds. The van der Waals surface area contributed by atoms with Crippen molar-refractivity contribution < 1.29 is 28.3 Å². The number of carbonyl (C=O) groups excluding carboxylic acids is 4. The molecule has 1 aromatic carbocycles. The molecule has 0 aliphatic rings. The van der Waals surface area contributed by atoms with Gasteiger partial charge in [-0.25, -0.2) is 0 Å². The van der Waals surface area contributed by atoms with E-state index < -0.39 is 20.3 Å². The van der Waals surface area contributed by atoms with E-state index in [2.05, 4.69) is 49.2 Å². The lowest BCUT2D eigenvalue weighted by Crippen LogP contribution is -2.40. The normalized spacial score (nSPS) is 13.4. The van der Waals surface area contributed by atoms with Gasteiger partial charge < -0.3 is 19.8 Å². The molecule has 0 unspecified atom stereocenters. The maximum Gasteiger partial charge on any atom is 0.305 e. The summed E-state index contributed by atoms with van der Waals surface area (Å²) in [5.74, 6) is -1.39. The fourth-order valence-corrected chi connectivity index (χ4v) is 4.48. The van der Waals surface area contributed by atoms with Crippen LogP contribution < -0.4 is 10.6 Å². The Morgan fingerprint density at radius 3 is 2.18 bits per heavy atom. The van der Waals surface area contributed by atoms with Crippen molar-refractivity contribution in [3.05, 3.63) is 29.3 Å². The lowest BCUT2D eigenvalue weighted by atomic mass is 9.99. The number of hydrogen-bond acceptors (Lipinski definition) is 6. The van der Waals surface area contributed by atoms with Gasteiger partial charge in [0.25, 0.3) is 0 Å². The second kappa shape index (κ2) is 15.4. The quantitative estimate of drug-likeness (QED) is 0.121. The molecule has 1 aromatic rings. The van der Waals surface area contributed by atoms with E-state index in [9.17, 15) is 19.2 Å². The molecule has 0 saturated heterocycles. The molecule has 0 spiro atoms. The Morgan fingerprint density at radius 1 is 1.00 bits per heavy atom. The molecule has 0 heterocycles. The Bertz CT molecular complexity index is 977. The topological polar surface area (TPSA) is 111 Å². The number of ketones is 1. The SMILES string of the molecule is COC(=O)CCCCC(=O)N[C@@H](C)C(=O)C[C@@H](C)C(=O)Nc1cc(CCl)cc(CO[Si](C)(C)C(C)(C)C)c1. The van der Waals surface area contributed by atoms with Crippen LogP contribution >= 0.6 is 11.6 Å². The summed E-state index contributed by atoms with van der Waals surface area (Å²) in [6.07, 6.45) is 1.51. The van der Waals surface area contributed by atoms with Crippen LogP contribution in [0.15, 0.2) is 18.2 Å². The van der Waals surface area contributed by atoms with Crippen LogP contribution in [0.1, 0.15) is 77.8 Å². The molecule has 0 aromatic heterocycles. The number of nitrogens with one attached hydrogen (secondary N) is 2. The average molecular weight is 569 g/mol. The van der Waals surface area contributed by atoms with E-state index in [1.807, 2.05) is 18.2 Å². The van der Waals surface area contributed by atoms with Crippen LogP contribution in [0.4, 0.5) is 5.69 Å². The summed E-state index contributed by atoms with van der Waals surface area (Å²) in [7, 11) is -0.623. The summed E-state index contributed by atoms with van der Waals surface area (Å²) >= 11 is 6.09. The van der Waals surface area contributed by atoms with Crippen LogP contribution in [-0.4, -0.2) is 45.0 Å². The van der Waals surface area contributed by atoms with Crippen LogP contribution in [0, 0.1) is 5.92 Å². The Hall–Kier alpha value is -2.23. The molecule has 0 bridgehead atoms. The van der Waals surface area contributed by atoms with E-state index in [0.29, 0.717) is 31.0 Å². The third-order valence-electron chi connectivity index (χ3n) is 6.96. The summed E-state index contributed by atoms with van der Waals surface area (Å²) in [5, 5.41) is 5.65. The van der Waals surface area contributed by atoms with E-state index in [1.165, 1.54) is 7.11 Å². The van der Waals surface area contributed by atoms with Crippen LogP contribution in [0.2, 0.25) is 18.1 Å². The van der Waals surface area contributed by atoms with Gasteiger partial charge in [0.2, 0.25) is 11.8 Å². The van der Waals surface area contributed by atoms with Gasteiger partial charge >= 0.3 is 5.97 Å². The Kier molecular flexibility index (Phi) is 13.7. The minimum atomic E-state index is -1.95. The van der Waals surface area contributed by atoms with Crippen molar-refractivity contribution in [2.45, 2.75) is 103 Å². The maximum absolute atomic E-state index is 12.9.